The van der Waals surface area contributed by atoms with E-state index in [1.165, 1.54) is 6.08 Å². The molecule has 0 spiro atoms. The highest BCUT2D eigenvalue weighted by Gasteiger charge is 2.28. The first-order valence-corrected chi connectivity index (χ1v) is 9.86. The van der Waals surface area contributed by atoms with Crippen LogP contribution in [0.1, 0.15) is 52.5 Å². The van der Waals surface area contributed by atoms with E-state index < -0.39 is 5.60 Å². The van der Waals surface area contributed by atoms with E-state index in [0.717, 1.165) is 17.7 Å². The van der Waals surface area contributed by atoms with Crippen LogP contribution in [0.25, 0.3) is 6.08 Å². The highest BCUT2D eigenvalue weighted by atomic mass is 16.6. The fourth-order valence-corrected chi connectivity index (χ4v) is 2.75. The van der Waals surface area contributed by atoms with Gasteiger partial charge in [0.25, 0.3) is 0 Å². The predicted octanol–water partition coefficient (Wildman–Crippen LogP) is 4.43. The summed E-state index contributed by atoms with van der Waals surface area (Å²) in [4.78, 5) is 25.8. The van der Waals surface area contributed by atoms with Gasteiger partial charge in [-0.2, -0.15) is 0 Å². The van der Waals surface area contributed by atoms with Gasteiger partial charge in [0, 0.05) is 32.0 Å². The van der Waals surface area contributed by atoms with Crippen LogP contribution in [0, 0.1) is 0 Å². The standard InChI is InChI=1S/C22H31NO5/c1-5-16-26-18-9-6-17(7-10-18)8-11-20(24)27-19-12-14-23(15-13-19)21(25)28-22(2,3)4/h6-11,19H,5,12-16H2,1-4H3/b11-8+. The Morgan fingerprint density at radius 2 is 1.79 bits per heavy atom. The summed E-state index contributed by atoms with van der Waals surface area (Å²) in [5.41, 5.74) is 0.395. The van der Waals surface area contributed by atoms with Crippen molar-refractivity contribution >= 4 is 18.1 Å². The summed E-state index contributed by atoms with van der Waals surface area (Å²) in [5, 5.41) is 0. The zero-order valence-electron chi connectivity index (χ0n) is 17.3. The van der Waals surface area contributed by atoms with Crippen molar-refractivity contribution in [2.24, 2.45) is 0 Å². The Hall–Kier alpha value is -2.50. The first-order chi connectivity index (χ1) is 13.3. The molecule has 1 aliphatic heterocycles. The zero-order valence-corrected chi connectivity index (χ0v) is 17.3. The molecule has 1 aromatic rings. The van der Waals surface area contributed by atoms with Crippen molar-refractivity contribution in [3.8, 4) is 5.75 Å². The van der Waals surface area contributed by atoms with Crippen molar-refractivity contribution in [2.75, 3.05) is 19.7 Å². The summed E-state index contributed by atoms with van der Waals surface area (Å²) >= 11 is 0. The normalized spacial score (nSPS) is 15.5. The Balaban J connectivity index is 1.75. The lowest BCUT2D eigenvalue weighted by Crippen LogP contribution is -2.43. The van der Waals surface area contributed by atoms with Crippen LogP contribution in [0.5, 0.6) is 5.75 Å². The molecule has 0 bridgehead atoms. The highest BCUT2D eigenvalue weighted by Crippen LogP contribution is 2.18. The average molecular weight is 389 g/mol. The second-order valence-corrected chi connectivity index (χ2v) is 7.85. The van der Waals surface area contributed by atoms with Gasteiger partial charge in [-0.05, 0) is 51.0 Å². The molecule has 28 heavy (non-hydrogen) atoms. The summed E-state index contributed by atoms with van der Waals surface area (Å²) in [6, 6.07) is 7.56. The van der Waals surface area contributed by atoms with Crippen molar-refractivity contribution in [3.05, 3.63) is 35.9 Å². The van der Waals surface area contributed by atoms with Crippen LogP contribution in [-0.2, 0) is 14.3 Å². The van der Waals surface area contributed by atoms with Gasteiger partial charge in [0.15, 0.2) is 0 Å². The van der Waals surface area contributed by atoms with Crippen LogP contribution in [0.15, 0.2) is 30.3 Å². The number of hydrogen-bond donors (Lipinski definition) is 0. The summed E-state index contributed by atoms with van der Waals surface area (Å²) in [7, 11) is 0. The molecular formula is C22H31NO5. The van der Waals surface area contributed by atoms with Gasteiger partial charge >= 0.3 is 12.1 Å². The molecule has 1 aliphatic rings. The Kier molecular flexibility index (Phi) is 7.91. The van der Waals surface area contributed by atoms with E-state index >= 15 is 0 Å². The van der Waals surface area contributed by atoms with Crippen molar-refractivity contribution < 1.29 is 23.8 Å². The van der Waals surface area contributed by atoms with E-state index in [2.05, 4.69) is 6.92 Å². The minimum atomic E-state index is -0.508. The minimum Gasteiger partial charge on any atom is -0.494 e. The molecule has 154 valence electrons. The van der Waals surface area contributed by atoms with Crippen LogP contribution in [-0.4, -0.2) is 48.4 Å². The maximum atomic E-state index is 12.1. The average Bonchev–Trinajstić information content (AvgIpc) is 2.65. The fraction of sp³-hybridized carbons (Fsp3) is 0.545. The molecule has 1 aromatic carbocycles. The van der Waals surface area contributed by atoms with Gasteiger partial charge < -0.3 is 19.1 Å². The lowest BCUT2D eigenvalue weighted by Gasteiger charge is -2.33. The number of benzene rings is 1. The Bertz CT molecular complexity index is 667. The van der Waals surface area contributed by atoms with Gasteiger partial charge in [-0.1, -0.05) is 19.1 Å². The number of rotatable bonds is 6. The molecule has 1 amide bonds. The molecule has 6 nitrogen and oxygen atoms in total. The number of likely N-dealkylation sites (tertiary alicyclic amines) is 1. The third-order valence-electron chi connectivity index (χ3n) is 4.14. The molecule has 0 atom stereocenters. The number of esters is 1. The van der Waals surface area contributed by atoms with E-state index in [1.54, 1.807) is 11.0 Å². The number of ether oxygens (including phenoxy) is 3. The molecule has 1 fully saturated rings. The number of nitrogens with zero attached hydrogens (tertiary/aromatic N) is 1. The number of carbonyl (C=O) groups excluding carboxylic acids is 2. The lowest BCUT2D eigenvalue weighted by atomic mass is 10.1. The molecule has 0 aromatic heterocycles. The maximum absolute atomic E-state index is 12.1. The van der Waals surface area contributed by atoms with Crippen LogP contribution >= 0.6 is 0 Å². The Morgan fingerprint density at radius 3 is 2.36 bits per heavy atom. The predicted molar refractivity (Wildman–Crippen MR) is 108 cm³/mol. The van der Waals surface area contributed by atoms with E-state index in [4.69, 9.17) is 14.2 Å². The van der Waals surface area contributed by atoms with Gasteiger partial charge in [0.05, 0.1) is 6.61 Å². The van der Waals surface area contributed by atoms with Crippen LogP contribution < -0.4 is 4.74 Å². The van der Waals surface area contributed by atoms with Crippen molar-refractivity contribution in [3.63, 3.8) is 0 Å². The molecule has 1 heterocycles. The molecule has 2 rings (SSSR count). The number of amides is 1. The van der Waals surface area contributed by atoms with Gasteiger partial charge in [-0.3, -0.25) is 0 Å². The third kappa shape index (κ3) is 7.62. The topological polar surface area (TPSA) is 65.1 Å². The zero-order chi connectivity index (χ0) is 20.6. The van der Waals surface area contributed by atoms with Crippen molar-refractivity contribution in [1.29, 1.82) is 0 Å². The van der Waals surface area contributed by atoms with Crippen molar-refractivity contribution in [1.82, 2.24) is 4.90 Å². The minimum absolute atomic E-state index is 0.180. The SMILES string of the molecule is CCCOc1ccc(/C=C/C(=O)OC2CCN(C(=O)OC(C)(C)C)CC2)cc1. The molecule has 1 saturated heterocycles. The smallest absolute Gasteiger partial charge is 0.410 e. The van der Waals surface area contributed by atoms with E-state index in [1.807, 2.05) is 45.0 Å². The Morgan fingerprint density at radius 1 is 1.14 bits per heavy atom. The molecule has 0 radical (unpaired) electrons. The molecule has 0 N–H and O–H groups in total. The molecular weight excluding hydrogens is 358 g/mol. The summed E-state index contributed by atoms with van der Waals surface area (Å²) < 4.78 is 16.4. The van der Waals surface area contributed by atoms with Crippen molar-refractivity contribution in [2.45, 2.75) is 58.7 Å². The number of carbonyl (C=O) groups is 2. The number of piperidine rings is 1. The first kappa shape index (κ1) is 21.8. The van der Waals surface area contributed by atoms with Gasteiger partial charge in [-0.25, -0.2) is 9.59 Å². The summed E-state index contributed by atoms with van der Waals surface area (Å²) in [6.07, 6.45) is 4.85. The van der Waals surface area contributed by atoms with Crippen LogP contribution in [0.2, 0.25) is 0 Å². The fourth-order valence-electron chi connectivity index (χ4n) is 2.75. The van der Waals surface area contributed by atoms with Gasteiger partial charge in [-0.15, -0.1) is 0 Å². The largest absolute Gasteiger partial charge is 0.494 e. The molecule has 0 saturated carbocycles. The van der Waals surface area contributed by atoms with E-state index in [9.17, 15) is 9.59 Å². The second-order valence-electron chi connectivity index (χ2n) is 7.85. The van der Waals surface area contributed by atoms with Gasteiger partial charge in [0.1, 0.15) is 17.5 Å². The quantitative estimate of drug-likeness (QED) is 0.532. The van der Waals surface area contributed by atoms with E-state index in [-0.39, 0.29) is 18.2 Å². The van der Waals surface area contributed by atoms with E-state index in [0.29, 0.717) is 32.5 Å². The highest BCUT2D eigenvalue weighted by molar-refractivity contribution is 5.87. The molecule has 6 heteroatoms. The maximum Gasteiger partial charge on any atom is 0.410 e. The monoisotopic (exact) mass is 389 g/mol. The first-order valence-electron chi connectivity index (χ1n) is 9.86. The second kappa shape index (κ2) is 10.2. The molecule has 0 unspecified atom stereocenters. The van der Waals surface area contributed by atoms with Gasteiger partial charge in [0.2, 0.25) is 0 Å². The lowest BCUT2D eigenvalue weighted by molar-refractivity contribution is -0.144. The third-order valence-corrected chi connectivity index (χ3v) is 4.14. The summed E-state index contributed by atoms with van der Waals surface area (Å²) in [5.74, 6) is 0.445. The van der Waals surface area contributed by atoms with Crippen LogP contribution in [0.4, 0.5) is 4.79 Å². The molecule has 0 aliphatic carbocycles. The van der Waals surface area contributed by atoms with Crippen LogP contribution in [0.3, 0.4) is 0 Å². The Labute approximate surface area is 167 Å². The number of hydrogen-bond acceptors (Lipinski definition) is 5. The summed E-state index contributed by atoms with van der Waals surface area (Å²) in [6.45, 7) is 9.33.